The number of aryl methyl sites for hydroxylation is 1. The molecule has 1 aromatic heterocycles. The third kappa shape index (κ3) is 3.47. The fraction of sp³-hybridized carbons (Fsp3) is 0.667. The Morgan fingerprint density at radius 1 is 1.30 bits per heavy atom. The molecule has 1 heterocycles. The number of hydrogen-bond donors (Lipinski definition) is 0. The fourth-order valence-electron chi connectivity index (χ4n) is 3.39. The highest BCUT2D eigenvalue weighted by molar-refractivity contribution is 5.82. The number of hydrogen-bond acceptors (Lipinski definition) is 2. The van der Waals surface area contributed by atoms with E-state index in [4.69, 9.17) is 0 Å². The first-order valence-electron chi connectivity index (χ1n) is 7.89. The van der Waals surface area contributed by atoms with Crippen LogP contribution in [0, 0.1) is 17.3 Å². The smallest absolute Gasteiger partial charge is 0.136 e. The van der Waals surface area contributed by atoms with E-state index in [1.165, 1.54) is 12.0 Å². The summed E-state index contributed by atoms with van der Waals surface area (Å²) in [5.41, 5.74) is 2.39. The van der Waals surface area contributed by atoms with Crippen LogP contribution in [0.4, 0.5) is 0 Å². The van der Waals surface area contributed by atoms with Crippen molar-refractivity contribution in [3.05, 3.63) is 29.6 Å². The van der Waals surface area contributed by atoms with Crippen molar-refractivity contribution in [2.45, 2.75) is 59.8 Å². The average molecular weight is 273 g/mol. The van der Waals surface area contributed by atoms with E-state index in [0.717, 1.165) is 31.4 Å². The van der Waals surface area contributed by atoms with Crippen molar-refractivity contribution in [3.63, 3.8) is 0 Å². The van der Waals surface area contributed by atoms with Crippen molar-refractivity contribution in [1.29, 1.82) is 0 Å². The van der Waals surface area contributed by atoms with E-state index in [0.29, 0.717) is 11.7 Å². The second-order valence-electron chi connectivity index (χ2n) is 7.08. The molecular formula is C18H27NO. The summed E-state index contributed by atoms with van der Waals surface area (Å²) in [6.07, 6.45) is 6.87. The maximum absolute atomic E-state index is 12.3. The zero-order chi connectivity index (χ0) is 14.8. The van der Waals surface area contributed by atoms with Crippen LogP contribution in [0.2, 0.25) is 0 Å². The minimum atomic E-state index is 0.0119. The van der Waals surface area contributed by atoms with Gasteiger partial charge < -0.3 is 0 Å². The van der Waals surface area contributed by atoms with Gasteiger partial charge in [-0.15, -0.1) is 0 Å². The molecule has 1 aliphatic carbocycles. The first-order chi connectivity index (χ1) is 9.42. The number of aromatic nitrogens is 1. The molecule has 1 saturated carbocycles. The number of carbonyl (C=O) groups is 1. The number of carbonyl (C=O) groups excluding carboxylic acids is 1. The first-order valence-corrected chi connectivity index (χ1v) is 7.89. The van der Waals surface area contributed by atoms with Gasteiger partial charge in [-0.3, -0.25) is 9.78 Å². The molecule has 0 aliphatic heterocycles. The Morgan fingerprint density at radius 3 is 2.60 bits per heavy atom. The molecule has 1 fully saturated rings. The van der Waals surface area contributed by atoms with Crippen LogP contribution >= 0.6 is 0 Å². The van der Waals surface area contributed by atoms with Crippen molar-refractivity contribution in [3.8, 4) is 0 Å². The number of pyridine rings is 1. The van der Waals surface area contributed by atoms with E-state index in [9.17, 15) is 4.79 Å². The molecule has 0 spiro atoms. The van der Waals surface area contributed by atoms with Gasteiger partial charge in [0, 0.05) is 24.2 Å². The van der Waals surface area contributed by atoms with Crippen LogP contribution in [0.15, 0.2) is 18.3 Å². The van der Waals surface area contributed by atoms with E-state index < -0.39 is 0 Å². The molecule has 0 aromatic carbocycles. The Labute approximate surface area is 123 Å². The van der Waals surface area contributed by atoms with Gasteiger partial charge in [-0.2, -0.15) is 0 Å². The lowest BCUT2D eigenvalue weighted by molar-refractivity contribution is -0.129. The fourth-order valence-corrected chi connectivity index (χ4v) is 3.39. The Hall–Kier alpha value is -1.18. The van der Waals surface area contributed by atoms with Crippen molar-refractivity contribution in [2.24, 2.45) is 17.3 Å². The summed E-state index contributed by atoms with van der Waals surface area (Å²) >= 11 is 0. The SMILES string of the molecule is CCc1ccc(CC(C)(C)C2CCC(C)CC2=O)nc1. The third-order valence-electron chi connectivity index (χ3n) is 4.76. The summed E-state index contributed by atoms with van der Waals surface area (Å²) in [5, 5.41) is 0. The predicted octanol–water partition coefficient (Wildman–Crippen LogP) is 4.22. The molecule has 110 valence electrons. The molecule has 0 radical (unpaired) electrons. The second kappa shape index (κ2) is 6.07. The summed E-state index contributed by atoms with van der Waals surface area (Å²) < 4.78 is 0. The highest BCUT2D eigenvalue weighted by atomic mass is 16.1. The van der Waals surface area contributed by atoms with Gasteiger partial charge in [-0.05, 0) is 48.6 Å². The van der Waals surface area contributed by atoms with E-state index in [-0.39, 0.29) is 11.3 Å². The highest BCUT2D eigenvalue weighted by Gasteiger charge is 2.38. The molecular weight excluding hydrogens is 246 g/mol. The zero-order valence-corrected chi connectivity index (χ0v) is 13.3. The molecule has 0 saturated heterocycles. The van der Waals surface area contributed by atoms with Crippen LogP contribution in [-0.4, -0.2) is 10.8 Å². The van der Waals surface area contributed by atoms with Gasteiger partial charge in [0.15, 0.2) is 0 Å². The third-order valence-corrected chi connectivity index (χ3v) is 4.76. The molecule has 20 heavy (non-hydrogen) atoms. The van der Waals surface area contributed by atoms with Crippen LogP contribution in [0.1, 0.15) is 58.2 Å². The van der Waals surface area contributed by atoms with Gasteiger partial charge in [0.2, 0.25) is 0 Å². The molecule has 1 aliphatic rings. The predicted molar refractivity (Wildman–Crippen MR) is 82.6 cm³/mol. The molecule has 2 unspecified atom stereocenters. The molecule has 2 rings (SSSR count). The van der Waals surface area contributed by atoms with E-state index >= 15 is 0 Å². The minimum Gasteiger partial charge on any atom is -0.299 e. The molecule has 0 N–H and O–H groups in total. The summed E-state index contributed by atoms with van der Waals surface area (Å²) in [6, 6.07) is 4.28. The lowest BCUT2D eigenvalue weighted by atomic mass is 9.66. The number of rotatable bonds is 4. The highest BCUT2D eigenvalue weighted by Crippen LogP contribution is 2.39. The molecule has 0 amide bonds. The first kappa shape index (κ1) is 15.2. The van der Waals surface area contributed by atoms with Crippen LogP contribution in [0.3, 0.4) is 0 Å². The van der Waals surface area contributed by atoms with Crippen molar-refractivity contribution < 1.29 is 4.79 Å². The quantitative estimate of drug-likeness (QED) is 0.822. The van der Waals surface area contributed by atoms with Crippen molar-refractivity contribution in [2.75, 3.05) is 0 Å². The summed E-state index contributed by atoms with van der Waals surface area (Å²) in [6.45, 7) is 8.77. The molecule has 2 atom stereocenters. The second-order valence-corrected chi connectivity index (χ2v) is 7.08. The van der Waals surface area contributed by atoms with Gasteiger partial charge in [0.05, 0.1) is 0 Å². The van der Waals surface area contributed by atoms with Crippen LogP contribution in [0.5, 0.6) is 0 Å². The Morgan fingerprint density at radius 2 is 2.05 bits per heavy atom. The van der Waals surface area contributed by atoms with E-state index in [1.807, 2.05) is 6.20 Å². The lowest BCUT2D eigenvalue weighted by Gasteiger charge is -2.37. The summed E-state index contributed by atoms with van der Waals surface area (Å²) in [7, 11) is 0. The normalized spacial score (nSPS) is 23.9. The summed E-state index contributed by atoms with van der Waals surface area (Å²) in [4.78, 5) is 16.9. The van der Waals surface area contributed by atoms with Crippen LogP contribution in [-0.2, 0) is 17.6 Å². The van der Waals surface area contributed by atoms with Gasteiger partial charge in [0.1, 0.15) is 5.78 Å². The average Bonchev–Trinajstić information content (AvgIpc) is 2.38. The van der Waals surface area contributed by atoms with Crippen molar-refractivity contribution >= 4 is 5.78 Å². The Bertz CT molecular complexity index is 461. The van der Waals surface area contributed by atoms with Gasteiger partial charge in [0.25, 0.3) is 0 Å². The van der Waals surface area contributed by atoms with E-state index in [1.54, 1.807) is 0 Å². The summed E-state index contributed by atoms with van der Waals surface area (Å²) in [5.74, 6) is 1.22. The van der Waals surface area contributed by atoms with Crippen molar-refractivity contribution in [1.82, 2.24) is 4.98 Å². The topological polar surface area (TPSA) is 30.0 Å². The minimum absolute atomic E-state index is 0.0119. The zero-order valence-electron chi connectivity index (χ0n) is 13.3. The number of nitrogens with zero attached hydrogens (tertiary/aromatic N) is 1. The molecule has 2 nitrogen and oxygen atoms in total. The lowest BCUT2D eigenvalue weighted by Crippen LogP contribution is -2.37. The van der Waals surface area contributed by atoms with Gasteiger partial charge in [-0.1, -0.05) is 33.8 Å². The van der Waals surface area contributed by atoms with Crippen LogP contribution < -0.4 is 0 Å². The van der Waals surface area contributed by atoms with Gasteiger partial charge in [-0.25, -0.2) is 0 Å². The van der Waals surface area contributed by atoms with E-state index in [2.05, 4.69) is 44.8 Å². The Balaban J connectivity index is 2.07. The van der Waals surface area contributed by atoms with Crippen LogP contribution in [0.25, 0.3) is 0 Å². The largest absolute Gasteiger partial charge is 0.299 e. The molecule has 2 heteroatoms. The maximum Gasteiger partial charge on any atom is 0.136 e. The number of ketones is 1. The molecule has 1 aromatic rings. The standard InChI is InChI=1S/C18H27NO/c1-5-14-7-8-15(19-12-14)11-18(3,4)16-9-6-13(2)10-17(16)20/h7-8,12-13,16H,5-6,9-11H2,1-4H3. The van der Waals surface area contributed by atoms with Gasteiger partial charge >= 0.3 is 0 Å². The monoisotopic (exact) mass is 273 g/mol. The molecule has 0 bridgehead atoms. The number of Topliss-reactive ketones (excluding diaryl/α,β-unsaturated/α-hetero) is 1. The Kier molecular flexibility index (Phi) is 4.62. The maximum atomic E-state index is 12.3.